The van der Waals surface area contributed by atoms with Crippen molar-refractivity contribution in [3.8, 4) is 5.75 Å². The highest BCUT2D eigenvalue weighted by Crippen LogP contribution is 2.17. The molecule has 0 fully saturated rings. The molecule has 0 spiro atoms. The van der Waals surface area contributed by atoms with Gasteiger partial charge >= 0.3 is 0 Å². The fraction of sp³-hybridized carbons (Fsp3) is 0.200. The zero-order valence-electron chi connectivity index (χ0n) is 12.0. The van der Waals surface area contributed by atoms with Gasteiger partial charge < -0.3 is 10.1 Å². The summed E-state index contributed by atoms with van der Waals surface area (Å²) in [4.78, 5) is 15.9. The van der Waals surface area contributed by atoms with Crippen LogP contribution in [0.1, 0.15) is 6.42 Å². The lowest BCUT2D eigenvalue weighted by Gasteiger charge is -2.06. The first-order valence-corrected chi connectivity index (χ1v) is 8.24. The van der Waals surface area contributed by atoms with E-state index < -0.39 is 15.7 Å². The molecule has 7 heteroatoms. The summed E-state index contributed by atoms with van der Waals surface area (Å²) in [7, 11) is -2.00. The third-order valence-electron chi connectivity index (χ3n) is 2.95. The molecule has 0 saturated carbocycles. The van der Waals surface area contributed by atoms with Crippen LogP contribution in [0.15, 0.2) is 53.6 Å². The average Bonchev–Trinajstić information content (AvgIpc) is 2.54. The number of nitrogens with one attached hydrogen (secondary N) is 1. The summed E-state index contributed by atoms with van der Waals surface area (Å²) in [5.41, 5.74) is 0. The Hall–Kier alpha value is -2.41. The molecule has 1 amide bonds. The summed E-state index contributed by atoms with van der Waals surface area (Å²) in [6, 6.07) is 11.2. The summed E-state index contributed by atoms with van der Waals surface area (Å²) in [5, 5.41) is 2.55. The molecule has 0 radical (unpaired) electrons. The lowest BCUT2D eigenvalue weighted by Crippen LogP contribution is -2.18. The lowest BCUT2D eigenvalue weighted by molar-refractivity contribution is -0.115. The Kier molecular flexibility index (Phi) is 5.11. The minimum Gasteiger partial charge on any atom is -0.497 e. The van der Waals surface area contributed by atoms with Crippen molar-refractivity contribution in [1.29, 1.82) is 0 Å². The number of methoxy groups -OCH3 is 1. The fourth-order valence-corrected chi connectivity index (χ4v) is 3.01. The van der Waals surface area contributed by atoms with Crippen molar-refractivity contribution >= 4 is 21.6 Å². The number of anilines is 1. The van der Waals surface area contributed by atoms with E-state index in [1.54, 1.807) is 36.5 Å². The van der Waals surface area contributed by atoms with Gasteiger partial charge in [-0.1, -0.05) is 6.07 Å². The number of ether oxygens (including phenoxy) is 1. The Morgan fingerprint density at radius 3 is 2.50 bits per heavy atom. The topological polar surface area (TPSA) is 85.4 Å². The van der Waals surface area contributed by atoms with Gasteiger partial charge in [0.1, 0.15) is 11.6 Å². The van der Waals surface area contributed by atoms with E-state index in [4.69, 9.17) is 4.74 Å². The van der Waals surface area contributed by atoms with Gasteiger partial charge in [-0.25, -0.2) is 13.4 Å². The smallest absolute Gasteiger partial charge is 0.226 e. The van der Waals surface area contributed by atoms with Crippen molar-refractivity contribution in [2.75, 3.05) is 18.2 Å². The Balaban J connectivity index is 1.95. The summed E-state index contributed by atoms with van der Waals surface area (Å²) in [5.74, 6) is 0.315. The number of sulfone groups is 1. The molecule has 0 atom stereocenters. The number of hydrogen-bond donors (Lipinski definition) is 1. The average molecular weight is 320 g/mol. The van der Waals surface area contributed by atoms with Gasteiger partial charge in [0.05, 0.1) is 17.8 Å². The number of rotatable bonds is 6. The Morgan fingerprint density at radius 2 is 1.91 bits per heavy atom. The predicted octanol–water partition coefficient (Wildman–Crippen LogP) is 1.89. The highest BCUT2D eigenvalue weighted by Gasteiger charge is 2.16. The second-order valence-corrected chi connectivity index (χ2v) is 6.62. The molecule has 0 aliphatic heterocycles. The molecule has 0 unspecified atom stereocenters. The molecule has 22 heavy (non-hydrogen) atoms. The van der Waals surface area contributed by atoms with Crippen molar-refractivity contribution in [3.63, 3.8) is 0 Å². The number of aromatic nitrogens is 1. The maximum Gasteiger partial charge on any atom is 0.226 e. The SMILES string of the molecule is COc1ccc(S(=O)(=O)CCC(=O)Nc2ccccn2)cc1. The minimum atomic E-state index is -3.51. The lowest BCUT2D eigenvalue weighted by atomic mass is 10.3. The van der Waals surface area contributed by atoms with Gasteiger partial charge in [-0.05, 0) is 36.4 Å². The molecular formula is C15H16N2O4S. The van der Waals surface area contributed by atoms with Gasteiger partial charge in [0.2, 0.25) is 5.91 Å². The van der Waals surface area contributed by atoms with Crippen LogP contribution in [-0.4, -0.2) is 32.2 Å². The molecule has 2 aromatic rings. The van der Waals surface area contributed by atoms with Crippen LogP contribution < -0.4 is 10.1 Å². The number of nitrogens with zero attached hydrogens (tertiary/aromatic N) is 1. The van der Waals surface area contributed by atoms with Crippen molar-refractivity contribution in [1.82, 2.24) is 4.98 Å². The predicted molar refractivity (Wildman–Crippen MR) is 82.5 cm³/mol. The summed E-state index contributed by atoms with van der Waals surface area (Å²) < 4.78 is 29.3. The first kappa shape index (κ1) is 16.0. The van der Waals surface area contributed by atoms with Gasteiger partial charge in [-0.15, -0.1) is 0 Å². The Morgan fingerprint density at radius 1 is 1.18 bits per heavy atom. The quantitative estimate of drug-likeness (QED) is 0.878. The molecule has 1 aromatic heterocycles. The zero-order chi connectivity index (χ0) is 16.0. The van der Waals surface area contributed by atoms with Crippen molar-refractivity contribution in [3.05, 3.63) is 48.7 Å². The monoisotopic (exact) mass is 320 g/mol. The van der Waals surface area contributed by atoms with E-state index in [-0.39, 0.29) is 17.1 Å². The standard InChI is InChI=1S/C15H16N2O4S/c1-21-12-5-7-13(8-6-12)22(19,20)11-9-15(18)17-14-4-2-3-10-16-14/h2-8,10H,9,11H2,1H3,(H,16,17,18). The number of hydrogen-bond acceptors (Lipinski definition) is 5. The molecule has 1 aromatic carbocycles. The first-order valence-electron chi connectivity index (χ1n) is 6.59. The van der Waals surface area contributed by atoms with Crippen LogP contribution in [0.25, 0.3) is 0 Å². The van der Waals surface area contributed by atoms with Crippen LogP contribution in [0.4, 0.5) is 5.82 Å². The normalized spacial score (nSPS) is 11.0. The molecular weight excluding hydrogens is 304 g/mol. The molecule has 2 rings (SSSR count). The van der Waals surface area contributed by atoms with Gasteiger partial charge in [0.25, 0.3) is 0 Å². The van der Waals surface area contributed by atoms with Crippen LogP contribution in [0.2, 0.25) is 0 Å². The summed E-state index contributed by atoms with van der Waals surface area (Å²) in [6.45, 7) is 0. The maximum atomic E-state index is 12.2. The fourth-order valence-electron chi connectivity index (χ4n) is 1.77. The van der Waals surface area contributed by atoms with E-state index in [1.165, 1.54) is 19.2 Å². The zero-order valence-corrected chi connectivity index (χ0v) is 12.8. The second-order valence-electron chi connectivity index (χ2n) is 4.51. The number of carbonyl (C=O) groups excluding carboxylic acids is 1. The molecule has 6 nitrogen and oxygen atoms in total. The maximum absolute atomic E-state index is 12.2. The molecule has 1 N–H and O–H groups in total. The third-order valence-corrected chi connectivity index (χ3v) is 4.68. The molecule has 1 heterocycles. The van der Waals surface area contributed by atoms with E-state index in [0.717, 1.165) is 0 Å². The minimum absolute atomic E-state index is 0.134. The molecule has 0 saturated heterocycles. The highest BCUT2D eigenvalue weighted by molar-refractivity contribution is 7.91. The van der Waals surface area contributed by atoms with Crippen LogP contribution in [0.3, 0.4) is 0 Å². The Bertz CT molecular complexity index is 728. The van der Waals surface area contributed by atoms with Crippen LogP contribution in [0, 0.1) is 0 Å². The number of amides is 1. The van der Waals surface area contributed by atoms with Crippen molar-refractivity contribution in [2.45, 2.75) is 11.3 Å². The van der Waals surface area contributed by atoms with E-state index in [9.17, 15) is 13.2 Å². The van der Waals surface area contributed by atoms with Gasteiger partial charge in [0.15, 0.2) is 9.84 Å². The summed E-state index contributed by atoms with van der Waals surface area (Å²) >= 11 is 0. The van der Waals surface area contributed by atoms with Crippen LogP contribution in [0.5, 0.6) is 5.75 Å². The molecule has 0 bridgehead atoms. The van der Waals surface area contributed by atoms with Crippen molar-refractivity contribution < 1.29 is 17.9 Å². The van der Waals surface area contributed by atoms with E-state index in [1.807, 2.05) is 0 Å². The first-order chi connectivity index (χ1) is 10.5. The largest absolute Gasteiger partial charge is 0.497 e. The van der Waals surface area contributed by atoms with Crippen LogP contribution in [-0.2, 0) is 14.6 Å². The second kappa shape index (κ2) is 7.04. The van der Waals surface area contributed by atoms with Gasteiger partial charge in [-0.2, -0.15) is 0 Å². The van der Waals surface area contributed by atoms with E-state index >= 15 is 0 Å². The van der Waals surface area contributed by atoms with Gasteiger partial charge in [-0.3, -0.25) is 4.79 Å². The summed E-state index contributed by atoms with van der Waals surface area (Å²) in [6.07, 6.45) is 1.41. The third kappa shape index (κ3) is 4.29. The van der Waals surface area contributed by atoms with Gasteiger partial charge in [0, 0.05) is 12.6 Å². The Labute approximate surface area is 129 Å². The number of pyridine rings is 1. The molecule has 0 aliphatic rings. The highest BCUT2D eigenvalue weighted by atomic mass is 32.2. The van der Waals surface area contributed by atoms with E-state index in [0.29, 0.717) is 11.6 Å². The van der Waals surface area contributed by atoms with E-state index in [2.05, 4.69) is 10.3 Å². The van der Waals surface area contributed by atoms with Crippen molar-refractivity contribution in [2.24, 2.45) is 0 Å². The molecule has 0 aliphatic carbocycles. The number of benzene rings is 1. The number of carbonyl (C=O) groups is 1. The van der Waals surface area contributed by atoms with Crippen LogP contribution >= 0.6 is 0 Å². The molecule has 116 valence electrons.